The Morgan fingerprint density at radius 2 is 1.80 bits per heavy atom. The Hall–Kier alpha value is -1.10. The van der Waals surface area contributed by atoms with Gasteiger partial charge in [-0.05, 0) is 40.0 Å². The van der Waals surface area contributed by atoms with E-state index in [1.807, 2.05) is 34.6 Å². The van der Waals surface area contributed by atoms with Crippen LogP contribution in [0.3, 0.4) is 0 Å². The van der Waals surface area contributed by atoms with Crippen molar-refractivity contribution >= 4 is 11.9 Å². The van der Waals surface area contributed by atoms with Crippen molar-refractivity contribution in [1.82, 2.24) is 0 Å². The molecule has 20 heavy (non-hydrogen) atoms. The summed E-state index contributed by atoms with van der Waals surface area (Å²) in [6, 6.07) is 0. The molecule has 0 amide bonds. The lowest BCUT2D eigenvalue weighted by Crippen LogP contribution is -2.28. The number of rotatable bonds is 6. The number of esters is 2. The van der Waals surface area contributed by atoms with Gasteiger partial charge in [-0.25, -0.2) is 4.79 Å². The van der Waals surface area contributed by atoms with E-state index >= 15 is 0 Å². The molecule has 0 N–H and O–H groups in total. The van der Waals surface area contributed by atoms with Crippen LogP contribution in [0.2, 0.25) is 0 Å². The van der Waals surface area contributed by atoms with Gasteiger partial charge in [-0.2, -0.15) is 0 Å². The molecule has 1 aliphatic carbocycles. The molecule has 116 valence electrons. The van der Waals surface area contributed by atoms with Crippen LogP contribution in [0.25, 0.3) is 0 Å². The minimum absolute atomic E-state index is 0.230. The molecule has 1 rings (SSSR count). The standard InChI is InChI=1S/C15H26O5/c1-9(2)8-18-13(16)10(3)19-12-7-11(12)14(17)20-15(4,5)6/h9-12H,7-8H2,1-6H3/t10-,11-,12-/m1/s1. The minimum atomic E-state index is -0.647. The summed E-state index contributed by atoms with van der Waals surface area (Å²) < 4.78 is 15.9. The highest BCUT2D eigenvalue weighted by Gasteiger charge is 2.48. The highest BCUT2D eigenvalue weighted by Crippen LogP contribution is 2.36. The molecule has 0 aliphatic heterocycles. The van der Waals surface area contributed by atoms with Crippen molar-refractivity contribution in [3.63, 3.8) is 0 Å². The SMILES string of the molecule is CC(C)COC(=O)[C@@H](C)O[C@@H]1C[C@H]1C(=O)OC(C)(C)C. The molecule has 3 atom stereocenters. The average molecular weight is 286 g/mol. The third kappa shape index (κ3) is 5.90. The van der Waals surface area contributed by atoms with Gasteiger partial charge in [0.1, 0.15) is 5.60 Å². The molecule has 5 nitrogen and oxygen atoms in total. The van der Waals surface area contributed by atoms with Crippen molar-refractivity contribution < 1.29 is 23.8 Å². The Morgan fingerprint density at radius 1 is 1.20 bits per heavy atom. The van der Waals surface area contributed by atoms with E-state index in [0.29, 0.717) is 18.9 Å². The van der Waals surface area contributed by atoms with Crippen LogP contribution in [-0.4, -0.2) is 36.4 Å². The maximum atomic E-state index is 11.8. The van der Waals surface area contributed by atoms with Gasteiger partial charge in [-0.3, -0.25) is 4.79 Å². The van der Waals surface area contributed by atoms with Crippen molar-refractivity contribution in [2.75, 3.05) is 6.61 Å². The van der Waals surface area contributed by atoms with Gasteiger partial charge < -0.3 is 14.2 Å². The zero-order chi connectivity index (χ0) is 15.5. The zero-order valence-corrected chi connectivity index (χ0v) is 13.3. The lowest BCUT2D eigenvalue weighted by Gasteiger charge is -2.19. The van der Waals surface area contributed by atoms with Gasteiger partial charge in [-0.1, -0.05) is 13.8 Å². The van der Waals surface area contributed by atoms with E-state index in [1.54, 1.807) is 6.92 Å². The lowest BCUT2D eigenvalue weighted by molar-refractivity contribution is -0.163. The highest BCUT2D eigenvalue weighted by atomic mass is 16.6. The fourth-order valence-electron chi connectivity index (χ4n) is 1.63. The maximum Gasteiger partial charge on any atom is 0.334 e. The molecule has 0 bridgehead atoms. The molecule has 0 saturated heterocycles. The normalized spacial score (nSPS) is 23.4. The quantitative estimate of drug-likeness (QED) is 0.701. The number of hydrogen-bond acceptors (Lipinski definition) is 5. The molecular formula is C15H26O5. The third-order valence-electron chi connectivity index (χ3n) is 2.71. The van der Waals surface area contributed by atoms with Crippen LogP contribution >= 0.6 is 0 Å². The summed E-state index contributed by atoms with van der Waals surface area (Å²) in [7, 11) is 0. The second-order valence-corrected chi connectivity index (χ2v) is 6.72. The van der Waals surface area contributed by atoms with Crippen LogP contribution in [0.4, 0.5) is 0 Å². The summed E-state index contributed by atoms with van der Waals surface area (Å²) in [6.07, 6.45) is -0.269. The first-order chi connectivity index (χ1) is 9.10. The average Bonchev–Trinajstić information content (AvgIpc) is 3.02. The van der Waals surface area contributed by atoms with E-state index in [0.717, 1.165) is 0 Å². The van der Waals surface area contributed by atoms with E-state index in [1.165, 1.54) is 0 Å². The smallest absolute Gasteiger partial charge is 0.334 e. The molecule has 0 aromatic carbocycles. The minimum Gasteiger partial charge on any atom is -0.464 e. The lowest BCUT2D eigenvalue weighted by atomic mass is 10.2. The Labute approximate surface area is 121 Å². The first kappa shape index (κ1) is 17.0. The van der Waals surface area contributed by atoms with Crippen molar-refractivity contribution in [1.29, 1.82) is 0 Å². The van der Waals surface area contributed by atoms with Gasteiger partial charge in [0.05, 0.1) is 18.6 Å². The fourth-order valence-corrected chi connectivity index (χ4v) is 1.63. The van der Waals surface area contributed by atoms with Gasteiger partial charge in [0.25, 0.3) is 0 Å². The summed E-state index contributed by atoms with van der Waals surface area (Å²) in [5.41, 5.74) is -0.494. The number of carbonyl (C=O) groups excluding carboxylic acids is 2. The zero-order valence-electron chi connectivity index (χ0n) is 13.3. The number of ether oxygens (including phenoxy) is 3. The summed E-state index contributed by atoms with van der Waals surface area (Å²) in [5.74, 6) is -0.602. The Bertz CT molecular complexity index is 356. The van der Waals surface area contributed by atoms with E-state index in [4.69, 9.17) is 14.2 Å². The number of carbonyl (C=O) groups is 2. The monoisotopic (exact) mass is 286 g/mol. The van der Waals surface area contributed by atoms with Crippen LogP contribution < -0.4 is 0 Å². The molecular weight excluding hydrogens is 260 g/mol. The Morgan fingerprint density at radius 3 is 2.30 bits per heavy atom. The van der Waals surface area contributed by atoms with Gasteiger partial charge in [0, 0.05) is 0 Å². The van der Waals surface area contributed by atoms with Gasteiger partial charge in [0.15, 0.2) is 6.10 Å². The predicted octanol–water partition coefficient (Wildman–Crippen LogP) is 2.32. The predicted molar refractivity (Wildman–Crippen MR) is 74.1 cm³/mol. The summed E-state index contributed by atoms with van der Waals surface area (Å²) in [6.45, 7) is 11.5. The van der Waals surface area contributed by atoms with Crippen LogP contribution in [0.1, 0.15) is 48.0 Å². The van der Waals surface area contributed by atoms with E-state index in [9.17, 15) is 9.59 Å². The van der Waals surface area contributed by atoms with Crippen molar-refractivity contribution in [3.8, 4) is 0 Å². The molecule has 1 aliphatic rings. The second kappa shape index (κ2) is 6.57. The van der Waals surface area contributed by atoms with Gasteiger partial charge >= 0.3 is 11.9 Å². The maximum absolute atomic E-state index is 11.8. The third-order valence-corrected chi connectivity index (χ3v) is 2.71. The largest absolute Gasteiger partial charge is 0.464 e. The second-order valence-electron chi connectivity index (χ2n) is 6.72. The van der Waals surface area contributed by atoms with E-state index < -0.39 is 11.7 Å². The Kier molecular flexibility index (Phi) is 5.57. The molecule has 5 heteroatoms. The van der Waals surface area contributed by atoms with Crippen molar-refractivity contribution in [3.05, 3.63) is 0 Å². The summed E-state index contributed by atoms with van der Waals surface area (Å²) >= 11 is 0. The highest BCUT2D eigenvalue weighted by molar-refractivity contribution is 5.77. The Balaban J connectivity index is 2.30. The van der Waals surface area contributed by atoms with Crippen LogP contribution in [0, 0.1) is 11.8 Å². The van der Waals surface area contributed by atoms with E-state index in [2.05, 4.69) is 0 Å². The summed E-state index contributed by atoms with van der Waals surface area (Å²) in [4.78, 5) is 23.4. The van der Waals surface area contributed by atoms with Crippen molar-refractivity contribution in [2.24, 2.45) is 11.8 Å². The molecule has 1 saturated carbocycles. The molecule has 1 fully saturated rings. The molecule has 0 radical (unpaired) electrons. The van der Waals surface area contributed by atoms with Crippen molar-refractivity contribution in [2.45, 2.75) is 65.8 Å². The van der Waals surface area contributed by atoms with E-state index in [-0.39, 0.29) is 24.0 Å². The first-order valence-corrected chi connectivity index (χ1v) is 7.15. The summed E-state index contributed by atoms with van der Waals surface area (Å²) in [5, 5.41) is 0. The number of hydrogen-bond donors (Lipinski definition) is 0. The molecule has 0 unspecified atom stereocenters. The first-order valence-electron chi connectivity index (χ1n) is 7.15. The fraction of sp³-hybridized carbons (Fsp3) is 0.867. The van der Waals surface area contributed by atoms with Gasteiger partial charge in [0.2, 0.25) is 0 Å². The molecule has 0 aromatic rings. The van der Waals surface area contributed by atoms with Gasteiger partial charge in [-0.15, -0.1) is 0 Å². The molecule has 0 spiro atoms. The molecule has 0 aromatic heterocycles. The van der Waals surface area contributed by atoms with Crippen LogP contribution in [0.15, 0.2) is 0 Å². The molecule has 0 heterocycles. The topological polar surface area (TPSA) is 61.8 Å². The van der Waals surface area contributed by atoms with Crippen LogP contribution in [-0.2, 0) is 23.8 Å². The van der Waals surface area contributed by atoms with Crippen LogP contribution in [0.5, 0.6) is 0 Å².